The number of aliphatic hydroxyl groups is 1. The lowest BCUT2D eigenvalue weighted by Gasteiger charge is -2.17. The summed E-state index contributed by atoms with van der Waals surface area (Å²) in [7, 11) is 1.56. The first-order valence-electron chi connectivity index (χ1n) is 6.14. The fourth-order valence-electron chi connectivity index (χ4n) is 2.08. The van der Waals surface area contributed by atoms with E-state index in [4.69, 9.17) is 21.4 Å². The van der Waals surface area contributed by atoms with Crippen LogP contribution in [-0.4, -0.2) is 42.8 Å². The quantitative estimate of drug-likeness (QED) is 0.894. The first-order chi connectivity index (χ1) is 9.13. The van der Waals surface area contributed by atoms with E-state index < -0.39 is 0 Å². The van der Waals surface area contributed by atoms with Gasteiger partial charge in [0.25, 0.3) is 0 Å². The molecule has 2 rings (SSSR count). The van der Waals surface area contributed by atoms with E-state index >= 15 is 0 Å². The summed E-state index contributed by atoms with van der Waals surface area (Å²) < 4.78 is 5.05. The van der Waals surface area contributed by atoms with Crippen molar-refractivity contribution >= 4 is 23.3 Å². The number of nitrogens with zero attached hydrogens (tertiary/aromatic N) is 1. The van der Waals surface area contributed by atoms with Crippen LogP contribution in [0.25, 0.3) is 0 Å². The zero-order valence-corrected chi connectivity index (χ0v) is 11.5. The van der Waals surface area contributed by atoms with Gasteiger partial charge < -0.3 is 20.1 Å². The second-order valence-corrected chi connectivity index (χ2v) is 4.97. The van der Waals surface area contributed by atoms with Crippen LogP contribution in [0.1, 0.15) is 6.42 Å². The number of nitrogens with one attached hydrogen (secondary N) is 1. The summed E-state index contributed by atoms with van der Waals surface area (Å²) in [6, 6.07) is 4.90. The number of aliphatic hydroxyl groups excluding tert-OH is 1. The van der Waals surface area contributed by atoms with Gasteiger partial charge >= 0.3 is 6.03 Å². The Balaban J connectivity index is 1.99. The van der Waals surface area contributed by atoms with Crippen LogP contribution in [0.4, 0.5) is 10.5 Å². The fourth-order valence-corrected chi connectivity index (χ4v) is 2.30. The highest BCUT2D eigenvalue weighted by molar-refractivity contribution is 6.33. The summed E-state index contributed by atoms with van der Waals surface area (Å²) in [6.07, 6.45) is 0.834. The number of halogens is 1. The number of anilines is 1. The van der Waals surface area contributed by atoms with Gasteiger partial charge in [-0.3, -0.25) is 0 Å². The van der Waals surface area contributed by atoms with Gasteiger partial charge in [0.15, 0.2) is 0 Å². The Morgan fingerprint density at radius 1 is 1.63 bits per heavy atom. The molecule has 0 aliphatic carbocycles. The molecule has 1 fully saturated rings. The predicted octanol–water partition coefficient (Wildman–Crippen LogP) is 2.19. The van der Waals surface area contributed by atoms with Crippen LogP contribution in [0.15, 0.2) is 18.2 Å². The normalized spacial score (nSPS) is 18.5. The van der Waals surface area contributed by atoms with E-state index in [9.17, 15) is 4.79 Å². The zero-order valence-electron chi connectivity index (χ0n) is 10.7. The zero-order chi connectivity index (χ0) is 13.8. The lowest BCUT2D eigenvalue weighted by Crippen LogP contribution is -2.33. The summed E-state index contributed by atoms with van der Waals surface area (Å²) in [4.78, 5) is 13.7. The molecule has 0 bridgehead atoms. The standard InChI is InChI=1S/C13H17ClN2O3/c1-19-10-2-3-12(11(14)6-10)15-13(18)16-5-4-9(7-16)8-17/h2-3,6,9,17H,4-5,7-8H2,1H3,(H,15,18). The van der Waals surface area contributed by atoms with Crippen LogP contribution in [0, 0.1) is 5.92 Å². The van der Waals surface area contributed by atoms with Crippen molar-refractivity contribution in [1.82, 2.24) is 4.90 Å². The SMILES string of the molecule is COc1ccc(NC(=O)N2CCC(CO)C2)c(Cl)c1. The molecule has 2 amide bonds. The Morgan fingerprint density at radius 3 is 3.00 bits per heavy atom. The minimum Gasteiger partial charge on any atom is -0.497 e. The molecule has 1 aliphatic rings. The minimum absolute atomic E-state index is 0.118. The van der Waals surface area contributed by atoms with Gasteiger partial charge in [-0.25, -0.2) is 4.79 Å². The molecular formula is C13H17ClN2O3. The number of amides is 2. The summed E-state index contributed by atoms with van der Waals surface area (Å²) in [5.41, 5.74) is 0.555. The second-order valence-electron chi connectivity index (χ2n) is 4.56. The third-order valence-corrected chi connectivity index (χ3v) is 3.56. The molecule has 6 heteroatoms. The van der Waals surface area contributed by atoms with E-state index in [1.165, 1.54) is 0 Å². The Hall–Kier alpha value is -1.46. The molecule has 0 saturated carbocycles. The number of carbonyl (C=O) groups excluding carboxylic acids is 1. The molecule has 0 aromatic heterocycles. The number of likely N-dealkylation sites (tertiary alicyclic amines) is 1. The number of carbonyl (C=O) groups is 1. The molecule has 1 aromatic carbocycles. The number of urea groups is 1. The van der Waals surface area contributed by atoms with Crippen molar-refractivity contribution in [2.75, 3.05) is 32.1 Å². The van der Waals surface area contributed by atoms with Crippen molar-refractivity contribution in [3.05, 3.63) is 23.2 Å². The Bertz CT molecular complexity index is 467. The molecule has 1 atom stereocenters. The monoisotopic (exact) mass is 284 g/mol. The summed E-state index contributed by atoms with van der Waals surface area (Å²) in [5, 5.41) is 12.3. The van der Waals surface area contributed by atoms with E-state index in [-0.39, 0.29) is 18.6 Å². The molecule has 1 heterocycles. The van der Waals surface area contributed by atoms with Gasteiger partial charge in [-0.15, -0.1) is 0 Å². The van der Waals surface area contributed by atoms with Gasteiger partial charge in [0.2, 0.25) is 0 Å². The third-order valence-electron chi connectivity index (χ3n) is 3.25. The number of benzene rings is 1. The lowest BCUT2D eigenvalue weighted by molar-refractivity contribution is 0.209. The molecule has 1 saturated heterocycles. The van der Waals surface area contributed by atoms with Crippen LogP contribution in [-0.2, 0) is 0 Å². The Morgan fingerprint density at radius 2 is 2.42 bits per heavy atom. The topological polar surface area (TPSA) is 61.8 Å². The molecule has 0 radical (unpaired) electrons. The van der Waals surface area contributed by atoms with Gasteiger partial charge in [-0.1, -0.05) is 11.6 Å². The van der Waals surface area contributed by atoms with Gasteiger partial charge in [0, 0.05) is 31.7 Å². The van der Waals surface area contributed by atoms with E-state index in [0.717, 1.165) is 6.42 Å². The smallest absolute Gasteiger partial charge is 0.321 e. The van der Waals surface area contributed by atoms with Gasteiger partial charge in [0.1, 0.15) is 5.75 Å². The molecular weight excluding hydrogens is 268 g/mol. The number of hydrogen-bond donors (Lipinski definition) is 2. The summed E-state index contributed by atoms with van der Waals surface area (Å²) in [6.45, 7) is 1.36. The molecule has 1 aromatic rings. The van der Waals surface area contributed by atoms with Crippen molar-refractivity contribution in [3.8, 4) is 5.75 Å². The van der Waals surface area contributed by atoms with Crippen molar-refractivity contribution in [2.24, 2.45) is 5.92 Å². The Labute approximate surface area is 117 Å². The number of rotatable bonds is 3. The van der Waals surface area contributed by atoms with E-state index in [2.05, 4.69) is 5.32 Å². The fraction of sp³-hybridized carbons (Fsp3) is 0.462. The first kappa shape index (κ1) is 14.0. The number of methoxy groups -OCH3 is 1. The maximum atomic E-state index is 12.0. The summed E-state index contributed by atoms with van der Waals surface area (Å²) in [5.74, 6) is 0.821. The maximum absolute atomic E-state index is 12.0. The highest BCUT2D eigenvalue weighted by Gasteiger charge is 2.25. The maximum Gasteiger partial charge on any atom is 0.321 e. The highest BCUT2D eigenvalue weighted by Crippen LogP contribution is 2.27. The van der Waals surface area contributed by atoms with Gasteiger partial charge in [-0.2, -0.15) is 0 Å². The van der Waals surface area contributed by atoms with Crippen LogP contribution in [0.2, 0.25) is 5.02 Å². The second kappa shape index (κ2) is 6.12. The van der Waals surface area contributed by atoms with Gasteiger partial charge in [-0.05, 0) is 18.6 Å². The number of hydrogen-bond acceptors (Lipinski definition) is 3. The number of ether oxygens (including phenoxy) is 1. The van der Waals surface area contributed by atoms with Crippen molar-refractivity contribution in [1.29, 1.82) is 0 Å². The first-order valence-corrected chi connectivity index (χ1v) is 6.52. The van der Waals surface area contributed by atoms with Crippen LogP contribution < -0.4 is 10.1 Å². The van der Waals surface area contributed by atoms with Crippen molar-refractivity contribution in [3.63, 3.8) is 0 Å². The van der Waals surface area contributed by atoms with E-state index in [1.54, 1.807) is 30.2 Å². The molecule has 2 N–H and O–H groups in total. The van der Waals surface area contributed by atoms with E-state index in [0.29, 0.717) is 29.5 Å². The lowest BCUT2D eigenvalue weighted by atomic mass is 10.1. The van der Waals surface area contributed by atoms with Crippen LogP contribution in [0.5, 0.6) is 5.75 Å². The highest BCUT2D eigenvalue weighted by atomic mass is 35.5. The molecule has 19 heavy (non-hydrogen) atoms. The molecule has 1 unspecified atom stereocenters. The average molecular weight is 285 g/mol. The largest absolute Gasteiger partial charge is 0.497 e. The molecule has 5 nitrogen and oxygen atoms in total. The summed E-state index contributed by atoms with van der Waals surface area (Å²) >= 11 is 6.06. The van der Waals surface area contributed by atoms with E-state index in [1.807, 2.05) is 0 Å². The van der Waals surface area contributed by atoms with Gasteiger partial charge in [0.05, 0.1) is 17.8 Å². The van der Waals surface area contributed by atoms with Crippen LogP contribution >= 0.6 is 11.6 Å². The minimum atomic E-state index is -0.192. The predicted molar refractivity (Wildman–Crippen MR) is 73.8 cm³/mol. The van der Waals surface area contributed by atoms with Crippen molar-refractivity contribution in [2.45, 2.75) is 6.42 Å². The Kier molecular flexibility index (Phi) is 4.50. The molecule has 1 aliphatic heterocycles. The molecule has 0 spiro atoms. The van der Waals surface area contributed by atoms with Crippen LogP contribution in [0.3, 0.4) is 0 Å². The average Bonchev–Trinajstić information content (AvgIpc) is 2.90. The van der Waals surface area contributed by atoms with Crippen molar-refractivity contribution < 1.29 is 14.6 Å². The molecule has 104 valence electrons. The third kappa shape index (κ3) is 3.30.